The van der Waals surface area contributed by atoms with E-state index in [1.165, 1.54) is 13.2 Å². The number of benzene rings is 3. The SMILES string of the molecule is COc1cc([C@H]2[C@H]3C(=O)N(c4cccc(Cl)c4)C(=O)[C@@H]3ON2c2ccccc2)ccc1O. The molecule has 0 aliphatic carbocycles. The summed E-state index contributed by atoms with van der Waals surface area (Å²) in [5.41, 5.74) is 1.78. The fourth-order valence-electron chi connectivity index (χ4n) is 4.30. The number of nitrogens with zero attached hydrogens (tertiary/aromatic N) is 2. The van der Waals surface area contributed by atoms with Crippen LogP contribution in [0.1, 0.15) is 11.6 Å². The Morgan fingerprint density at radius 3 is 2.41 bits per heavy atom. The molecule has 2 fully saturated rings. The zero-order valence-corrected chi connectivity index (χ0v) is 17.8. The van der Waals surface area contributed by atoms with Gasteiger partial charge in [0.15, 0.2) is 17.6 Å². The Bertz CT molecular complexity index is 1200. The zero-order chi connectivity index (χ0) is 22.4. The monoisotopic (exact) mass is 450 g/mol. The normalized spacial score (nSPS) is 22.4. The highest BCUT2D eigenvalue weighted by Gasteiger charge is 2.60. The molecule has 2 heterocycles. The molecule has 0 radical (unpaired) electrons. The Hall–Kier alpha value is -3.55. The number of anilines is 2. The highest BCUT2D eigenvalue weighted by Crippen LogP contribution is 2.48. The predicted molar refractivity (Wildman–Crippen MR) is 119 cm³/mol. The second-order valence-electron chi connectivity index (χ2n) is 7.58. The number of imide groups is 1. The third kappa shape index (κ3) is 3.18. The van der Waals surface area contributed by atoms with Gasteiger partial charge in [-0.1, -0.05) is 41.9 Å². The molecule has 2 aliphatic heterocycles. The number of hydrogen-bond acceptors (Lipinski definition) is 6. The molecule has 162 valence electrons. The van der Waals surface area contributed by atoms with Crippen LogP contribution in [0.2, 0.25) is 5.02 Å². The van der Waals surface area contributed by atoms with Gasteiger partial charge in [-0.15, -0.1) is 0 Å². The lowest BCUT2D eigenvalue weighted by Crippen LogP contribution is -2.37. The lowest BCUT2D eigenvalue weighted by atomic mass is 9.90. The van der Waals surface area contributed by atoms with Gasteiger partial charge in [0.2, 0.25) is 5.91 Å². The molecule has 3 atom stereocenters. The summed E-state index contributed by atoms with van der Waals surface area (Å²) in [6.45, 7) is 0. The van der Waals surface area contributed by atoms with Gasteiger partial charge in [0.1, 0.15) is 5.92 Å². The second-order valence-corrected chi connectivity index (χ2v) is 8.02. The molecule has 7 nitrogen and oxygen atoms in total. The molecular weight excluding hydrogens is 432 g/mol. The van der Waals surface area contributed by atoms with E-state index >= 15 is 0 Å². The van der Waals surface area contributed by atoms with Gasteiger partial charge in [-0.25, -0.2) is 9.96 Å². The van der Waals surface area contributed by atoms with Crippen LogP contribution >= 0.6 is 11.6 Å². The molecule has 2 amide bonds. The number of fused-ring (bicyclic) bond motifs is 1. The van der Waals surface area contributed by atoms with E-state index in [0.717, 1.165) is 4.90 Å². The highest BCUT2D eigenvalue weighted by atomic mass is 35.5. The topological polar surface area (TPSA) is 79.3 Å². The summed E-state index contributed by atoms with van der Waals surface area (Å²) in [6, 6.07) is 20.1. The summed E-state index contributed by atoms with van der Waals surface area (Å²) in [7, 11) is 1.45. The van der Waals surface area contributed by atoms with Gasteiger partial charge in [-0.2, -0.15) is 0 Å². The van der Waals surface area contributed by atoms with Gasteiger partial charge >= 0.3 is 0 Å². The van der Waals surface area contributed by atoms with Crippen LogP contribution < -0.4 is 14.7 Å². The first kappa shape index (κ1) is 20.4. The average Bonchev–Trinajstić information content (AvgIpc) is 3.31. The summed E-state index contributed by atoms with van der Waals surface area (Å²) < 4.78 is 5.26. The third-order valence-corrected chi connectivity index (χ3v) is 5.97. The Morgan fingerprint density at radius 1 is 0.938 bits per heavy atom. The number of rotatable bonds is 4. The fraction of sp³-hybridized carbons (Fsp3) is 0.167. The molecule has 2 saturated heterocycles. The van der Waals surface area contributed by atoms with Crippen LogP contribution in [0.5, 0.6) is 11.5 Å². The highest BCUT2D eigenvalue weighted by molar-refractivity contribution is 6.31. The first-order valence-electron chi connectivity index (χ1n) is 10.0. The maximum absolute atomic E-state index is 13.6. The van der Waals surface area contributed by atoms with E-state index in [1.807, 2.05) is 30.3 Å². The van der Waals surface area contributed by atoms with Crippen molar-refractivity contribution in [1.82, 2.24) is 0 Å². The summed E-state index contributed by atoms with van der Waals surface area (Å²) in [5, 5.41) is 12.1. The van der Waals surface area contributed by atoms with Gasteiger partial charge in [-0.3, -0.25) is 14.4 Å². The van der Waals surface area contributed by atoms with Gasteiger partial charge in [0, 0.05) is 5.02 Å². The molecule has 2 aliphatic rings. The average molecular weight is 451 g/mol. The molecule has 32 heavy (non-hydrogen) atoms. The smallest absolute Gasteiger partial charge is 0.266 e. The lowest BCUT2D eigenvalue weighted by Gasteiger charge is -2.29. The molecule has 0 aromatic heterocycles. The molecule has 1 N–H and O–H groups in total. The van der Waals surface area contributed by atoms with E-state index in [4.69, 9.17) is 21.2 Å². The molecule has 0 unspecified atom stereocenters. The van der Waals surface area contributed by atoms with E-state index < -0.39 is 24.0 Å². The van der Waals surface area contributed by atoms with Crippen LogP contribution in [-0.2, 0) is 14.4 Å². The number of para-hydroxylation sites is 1. The number of carbonyl (C=O) groups excluding carboxylic acids is 2. The minimum Gasteiger partial charge on any atom is -0.504 e. The molecule has 3 aromatic carbocycles. The van der Waals surface area contributed by atoms with Gasteiger partial charge in [0.05, 0.1) is 24.5 Å². The molecule has 0 saturated carbocycles. The molecule has 5 rings (SSSR count). The van der Waals surface area contributed by atoms with Gasteiger partial charge in [0.25, 0.3) is 5.91 Å². The Kier molecular flexibility index (Phi) is 5.00. The third-order valence-electron chi connectivity index (χ3n) is 5.74. The first-order chi connectivity index (χ1) is 15.5. The fourth-order valence-corrected chi connectivity index (χ4v) is 4.48. The number of halogens is 1. The zero-order valence-electron chi connectivity index (χ0n) is 17.0. The van der Waals surface area contributed by atoms with Crippen molar-refractivity contribution >= 4 is 34.8 Å². The first-order valence-corrected chi connectivity index (χ1v) is 10.4. The summed E-state index contributed by atoms with van der Waals surface area (Å²) in [5.74, 6) is -1.38. The minimum atomic E-state index is -0.994. The maximum atomic E-state index is 13.6. The van der Waals surface area contributed by atoms with Crippen LogP contribution in [0.3, 0.4) is 0 Å². The van der Waals surface area contributed by atoms with Crippen LogP contribution in [0, 0.1) is 5.92 Å². The minimum absolute atomic E-state index is 0.0210. The number of hydroxylamine groups is 1. The van der Waals surface area contributed by atoms with Crippen LogP contribution in [-0.4, -0.2) is 30.1 Å². The Labute approximate surface area is 189 Å². The van der Waals surface area contributed by atoms with E-state index in [0.29, 0.717) is 22.0 Å². The summed E-state index contributed by atoms with van der Waals surface area (Å²) >= 11 is 6.09. The van der Waals surface area contributed by atoms with Crippen molar-refractivity contribution in [2.75, 3.05) is 17.1 Å². The van der Waals surface area contributed by atoms with Crippen molar-refractivity contribution in [3.63, 3.8) is 0 Å². The van der Waals surface area contributed by atoms with E-state index in [-0.39, 0.29) is 17.4 Å². The number of phenols is 1. The molecule has 0 bridgehead atoms. The van der Waals surface area contributed by atoms with Crippen molar-refractivity contribution in [3.05, 3.63) is 83.4 Å². The largest absolute Gasteiger partial charge is 0.504 e. The number of carbonyl (C=O) groups is 2. The van der Waals surface area contributed by atoms with Crippen LogP contribution in [0.25, 0.3) is 0 Å². The standard InChI is InChI=1S/C24H19ClN2O5/c1-31-19-12-14(10-11-18(19)28)21-20-22(32-27(21)16-7-3-2-4-8-16)24(30)26(23(20)29)17-9-5-6-15(25)13-17/h2-13,20-22,28H,1H3/t20-,21+,22-/m1/s1. The van der Waals surface area contributed by atoms with Crippen LogP contribution in [0.4, 0.5) is 11.4 Å². The van der Waals surface area contributed by atoms with Crippen molar-refractivity contribution in [2.45, 2.75) is 12.1 Å². The molecule has 3 aromatic rings. The Balaban J connectivity index is 1.61. The summed E-state index contributed by atoms with van der Waals surface area (Å²) in [4.78, 5) is 34.1. The second kappa shape index (κ2) is 7.85. The van der Waals surface area contributed by atoms with E-state index in [9.17, 15) is 14.7 Å². The van der Waals surface area contributed by atoms with Gasteiger partial charge < -0.3 is 9.84 Å². The maximum Gasteiger partial charge on any atom is 0.266 e. The van der Waals surface area contributed by atoms with E-state index in [2.05, 4.69) is 0 Å². The molecular formula is C24H19ClN2O5. The number of aromatic hydroxyl groups is 1. The summed E-state index contributed by atoms with van der Waals surface area (Å²) in [6.07, 6.45) is -0.994. The Morgan fingerprint density at radius 2 is 1.69 bits per heavy atom. The van der Waals surface area contributed by atoms with Crippen molar-refractivity contribution < 1.29 is 24.3 Å². The predicted octanol–water partition coefficient (Wildman–Crippen LogP) is 4.11. The molecule has 0 spiro atoms. The van der Waals surface area contributed by atoms with Crippen molar-refractivity contribution in [1.29, 1.82) is 0 Å². The lowest BCUT2D eigenvalue weighted by molar-refractivity contribution is -0.126. The van der Waals surface area contributed by atoms with Crippen molar-refractivity contribution in [2.24, 2.45) is 5.92 Å². The molecule has 8 heteroatoms. The van der Waals surface area contributed by atoms with Crippen LogP contribution in [0.15, 0.2) is 72.8 Å². The number of methoxy groups -OCH3 is 1. The number of ether oxygens (including phenoxy) is 1. The van der Waals surface area contributed by atoms with E-state index in [1.54, 1.807) is 41.5 Å². The number of phenolic OH excluding ortho intramolecular Hbond substituents is 1. The number of amides is 2. The van der Waals surface area contributed by atoms with Gasteiger partial charge in [-0.05, 0) is 48.0 Å². The number of hydrogen-bond donors (Lipinski definition) is 1. The quantitative estimate of drug-likeness (QED) is 0.603. The van der Waals surface area contributed by atoms with Crippen molar-refractivity contribution in [3.8, 4) is 11.5 Å².